The van der Waals surface area contributed by atoms with Gasteiger partial charge in [-0.15, -0.1) is 0 Å². The smallest absolute Gasteiger partial charge is 0.126 e. The molecule has 2 aromatic rings. The summed E-state index contributed by atoms with van der Waals surface area (Å²) in [6, 6.07) is 3.51. The highest BCUT2D eigenvalue weighted by atomic mass is 19.1. The van der Waals surface area contributed by atoms with Crippen molar-refractivity contribution in [2.75, 3.05) is 7.05 Å². The van der Waals surface area contributed by atoms with Crippen LogP contribution in [0.1, 0.15) is 16.8 Å². The maximum absolute atomic E-state index is 13.1. The highest BCUT2D eigenvalue weighted by Gasteiger charge is 2.07. The van der Waals surface area contributed by atoms with Gasteiger partial charge >= 0.3 is 0 Å². The van der Waals surface area contributed by atoms with Gasteiger partial charge in [-0.3, -0.25) is 4.68 Å². The molecule has 1 aromatic carbocycles. The Morgan fingerprint density at radius 1 is 1.22 bits per heavy atom. The summed E-state index contributed by atoms with van der Waals surface area (Å²) in [6.45, 7) is 3.03. The molecule has 1 aromatic heterocycles. The summed E-state index contributed by atoms with van der Waals surface area (Å²) in [6.07, 6.45) is 1.77. The van der Waals surface area contributed by atoms with Crippen LogP contribution in [0.4, 0.5) is 8.78 Å². The Morgan fingerprint density at radius 3 is 2.50 bits per heavy atom. The summed E-state index contributed by atoms with van der Waals surface area (Å²) >= 11 is 0. The summed E-state index contributed by atoms with van der Waals surface area (Å²) in [5.41, 5.74) is 2.64. The first-order valence-corrected chi connectivity index (χ1v) is 5.71. The van der Waals surface area contributed by atoms with Crippen molar-refractivity contribution in [1.29, 1.82) is 0 Å². The molecule has 18 heavy (non-hydrogen) atoms. The van der Waals surface area contributed by atoms with Crippen LogP contribution in [-0.4, -0.2) is 16.8 Å². The molecule has 0 bridgehead atoms. The predicted octanol–water partition coefficient (Wildman–Crippen LogP) is 2.24. The number of rotatable bonds is 4. The molecule has 0 spiro atoms. The van der Waals surface area contributed by atoms with E-state index in [1.807, 2.05) is 14.0 Å². The van der Waals surface area contributed by atoms with Crippen molar-refractivity contribution in [3.8, 4) is 0 Å². The van der Waals surface area contributed by atoms with Gasteiger partial charge < -0.3 is 5.32 Å². The van der Waals surface area contributed by atoms with Gasteiger partial charge in [-0.05, 0) is 31.7 Å². The maximum atomic E-state index is 13.1. The number of benzene rings is 1. The highest BCUT2D eigenvalue weighted by molar-refractivity contribution is 5.21. The van der Waals surface area contributed by atoms with Crippen LogP contribution in [-0.2, 0) is 13.1 Å². The third-order valence-electron chi connectivity index (χ3n) is 2.83. The molecule has 0 amide bonds. The minimum Gasteiger partial charge on any atom is -0.316 e. The van der Waals surface area contributed by atoms with Crippen molar-refractivity contribution in [2.24, 2.45) is 0 Å². The number of aromatic nitrogens is 2. The van der Waals surface area contributed by atoms with Crippen molar-refractivity contribution in [3.63, 3.8) is 0 Å². The zero-order valence-corrected chi connectivity index (χ0v) is 10.4. The number of nitrogens with one attached hydrogen (secondary N) is 1. The van der Waals surface area contributed by atoms with Crippen LogP contribution < -0.4 is 5.32 Å². The molecule has 0 atom stereocenters. The largest absolute Gasteiger partial charge is 0.316 e. The fraction of sp³-hybridized carbons (Fsp3) is 0.308. The third kappa shape index (κ3) is 2.73. The Kier molecular flexibility index (Phi) is 3.72. The Bertz CT molecular complexity index is 529. The van der Waals surface area contributed by atoms with E-state index in [2.05, 4.69) is 10.4 Å². The van der Waals surface area contributed by atoms with Gasteiger partial charge in [0, 0.05) is 23.9 Å². The van der Waals surface area contributed by atoms with Gasteiger partial charge in [-0.25, -0.2) is 8.78 Å². The topological polar surface area (TPSA) is 29.9 Å². The first-order valence-electron chi connectivity index (χ1n) is 5.71. The van der Waals surface area contributed by atoms with Crippen LogP contribution in [0.2, 0.25) is 0 Å². The van der Waals surface area contributed by atoms with Crippen LogP contribution in [0.3, 0.4) is 0 Å². The Hall–Kier alpha value is -1.75. The van der Waals surface area contributed by atoms with Crippen molar-refractivity contribution in [3.05, 3.63) is 52.9 Å². The molecule has 0 unspecified atom stereocenters. The summed E-state index contributed by atoms with van der Waals surface area (Å²) in [4.78, 5) is 0. The lowest BCUT2D eigenvalue weighted by molar-refractivity contribution is 0.573. The van der Waals surface area contributed by atoms with E-state index in [1.165, 1.54) is 12.1 Å². The summed E-state index contributed by atoms with van der Waals surface area (Å²) in [7, 11) is 1.86. The van der Waals surface area contributed by atoms with Gasteiger partial charge in [0.2, 0.25) is 0 Å². The predicted molar refractivity (Wildman–Crippen MR) is 65.2 cm³/mol. The second kappa shape index (κ2) is 5.27. The summed E-state index contributed by atoms with van der Waals surface area (Å²) < 4.78 is 27.9. The highest BCUT2D eigenvalue weighted by Crippen LogP contribution is 2.12. The van der Waals surface area contributed by atoms with Crippen molar-refractivity contribution < 1.29 is 8.78 Å². The molecule has 1 N–H and O–H groups in total. The van der Waals surface area contributed by atoms with Gasteiger partial charge in [-0.2, -0.15) is 5.10 Å². The van der Waals surface area contributed by atoms with E-state index in [1.54, 1.807) is 10.9 Å². The molecule has 3 nitrogen and oxygen atoms in total. The Morgan fingerprint density at radius 2 is 1.89 bits per heavy atom. The first kappa shape index (κ1) is 12.7. The molecule has 1 heterocycles. The molecule has 0 aliphatic heterocycles. The van der Waals surface area contributed by atoms with E-state index >= 15 is 0 Å². The van der Waals surface area contributed by atoms with E-state index in [4.69, 9.17) is 0 Å². The lowest BCUT2D eigenvalue weighted by Crippen LogP contribution is -2.08. The quantitative estimate of drug-likeness (QED) is 0.903. The van der Waals surface area contributed by atoms with Crippen LogP contribution in [0.25, 0.3) is 0 Å². The van der Waals surface area contributed by atoms with E-state index in [9.17, 15) is 8.78 Å². The van der Waals surface area contributed by atoms with Crippen LogP contribution in [0.5, 0.6) is 0 Å². The lowest BCUT2D eigenvalue weighted by atomic mass is 10.2. The normalized spacial score (nSPS) is 10.9. The average Bonchev–Trinajstić information content (AvgIpc) is 2.61. The molecule has 0 saturated heterocycles. The van der Waals surface area contributed by atoms with Crippen molar-refractivity contribution >= 4 is 0 Å². The second-order valence-corrected chi connectivity index (χ2v) is 4.22. The minimum absolute atomic E-state index is 0.365. The Labute approximate surface area is 104 Å². The van der Waals surface area contributed by atoms with E-state index in [0.29, 0.717) is 12.1 Å². The molecular weight excluding hydrogens is 236 g/mol. The van der Waals surface area contributed by atoms with Crippen LogP contribution in [0, 0.1) is 18.6 Å². The number of hydrogen-bond acceptors (Lipinski definition) is 2. The fourth-order valence-electron chi connectivity index (χ4n) is 1.88. The maximum Gasteiger partial charge on any atom is 0.126 e. The van der Waals surface area contributed by atoms with E-state index in [0.717, 1.165) is 23.9 Å². The van der Waals surface area contributed by atoms with Crippen molar-refractivity contribution in [1.82, 2.24) is 15.1 Å². The zero-order chi connectivity index (χ0) is 13.1. The molecular formula is C13H15F2N3. The molecule has 96 valence electrons. The molecule has 0 saturated carbocycles. The molecule has 0 fully saturated rings. The molecule has 5 heteroatoms. The standard InChI is InChI=1S/C13H15F2N3/c1-9-11(6-16-2)7-17-18(9)8-10-3-12(14)5-13(15)4-10/h3-5,7,16H,6,8H2,1-2H3. The monoisotopic (exact) mass is 251 g/mol. The first-order chi connectivity index (χ1) is 8.60. The summed E-state index contributed by atoms with van der Waals surface area (Å²) in [5, 5.41) is 7.27. The van der Waals surface area contributed by atoms with Gasteiger partial charge in [0.25, 0.3) is 0 Å². The van der Waals surface area contributed by atoms with Gasteiger partial charge in [0.15, 0.2) is 0 Å². The Balaban J connectivity index is 2.23. The second-order valence-electron chi connectivity index (χ2n) is 4.22. The summed E-state index contributed by atoms with van der Waals surface area (Å²) in [5.74, 6) is -1.13. The van der Waals surface area contributed by atoms with E-state index in [-0.39, 0.29) is 0 Å². The van der Waals surface area contributed by atoms with Gasteiger partial charge in [0.05, 0.1) is 12.7 Å². The third-order valence-corrected chi connectivity index (χ3v) is 2.83. The SMILES string of the molecule is CNCc1cnn(Cc2cc(F)cc(F)c2)c1C. The van der Waals surface area contributed by atoms with Crippen LogP contribution >= 0.6 is 0 Å². The number of nitrogens with zero attached hydrogens (tertiary/aromatic N) is 2. The van der Waals surface area contributed by atoms with Gasteiger partial charge in [-0.1, -0.05) is 0 Å². The minimum atomic E-state index is -0.565. The zero-order valence-electron chi connectivity index (χ0n) is 10.4. The fourth-order valence-corrected chi connectivity index (χ4v) is 1.88. The molecule has 0 aliphatic carbocycles. The molecule has 0 radical (unpaired) electrons. The number of halogens is 2. The number of hydrogen-bond donors (Lipinski definition) is 1. The van der Waals surface area contributed by atoms with E-state index < -0.39 is 11.6 Å². The average molecular weight is 251 g/mol. The van der Waals surface area contributed by atoms with Crippen molar-refractivity contribution in [2.45, 2.75) is 20.0 Å². The molecule has 2 rings (SSSR count). The lowest BCUT2D eigenvalue weighted by Gasteiger charge is -2.06. The van der Waals surface area contributed by atoms with Crippen LogP contribution in [0.15, 0.2) is 24.4 Å². The molecule has 0 aliphatic rings. The van der Waals surface area contributed by atoms with Gasteiger partial charge in [0.1, 0.15) is 11.6 Å².